The van der Waals surface area contributed by atoms with Crippen LogP contribution in [0.15, 0.2) is 42.5 Å². The topological polar surface area (TPSA) is 93.9 Å². The van der Waals surface area contributed by atoms with Gasteiger partial charge in [-0.1, -0.05) is 18.2 Å². The average Bonchev–Trinajstić information content (AvgIpc) is 3.21. The summed E-state index contributed by atoms with van der Waals surface area (Å²) >= 11 is 0. The van der Waals surface area contributed by atoms with Gasteiger partial charge in [0.05, 0.1) is 6.04 Å². The lowest BCUT2D eigenvalue weighted by molar-refractivity contribution is 0.0735. The molecule has 2 aromatic carbocycles. The molecule has 1 fully saturated rings. The number of primary amides is 1. The van der Waals surface area contributed by atoms with Crippen molar-refractivity contribution in [2.75, 3.05) is 19.8 Å². The number of likely N-dealkylation sites (tertiary alicyclic amines) is 1. The summed E-state index contributed by atoms with van der Waals surface area (Å²) in [6.45, 7) is 2.17. The van der Waals surface area contributed by atoms with Gasteiger partial charge in [0, 0.05) is 18.7 Å². The summed E-state index contributed by atoms with van der Waals surface area (Å²) in [4.78, 5) is 25.8. The summed E-state index contributed by atoms with van der Waals surface area (Å²) in [5.41, 5.74) is 7.67. The van der Waals surface area contributed by atoms with Gasteiger partial charge >= 0.3 is 6.03 Å². The molecule has 0 radical (unpaired) electrons. The second kappa shape index (κ2) is 7.80. The lowest BCUT2D eigenvalue weighted by atomic mass is 10.0. The monoisotopic (exact) mass is 381 g/mol. The van der Waals surface area contributed by atoms with E-state index in [9.17, 15) is 9.59 Å². The molecule has 4 rings (SSSR count). The summed E-state index contributed by atoms with van der Waals surface area (Å²) < 4.78 is 11.3. The van der Waals surface area contributed by atoms with Gasteiger partial charge in [-0.2, -0.15) is 0 Å². The first-order chi connectivity index (χ1) is 13.6. The third-order valence-corrected chi connectivity index (χ3v) is 5.13. The fourth-order valence-electron chi connectivity index (χ4n) is 3.74. The third-order valence-electron chi connectivity index (χ3n) is 5.13. The number of amides is 3. The number of ether oxygens (including phenoxy) is 2. The van der Waals surface area contributed by atoms with Crippen molar-refractivity contribution in [3.05, 3.63) is 59.2 Å². The molecule has 0 spiro atoms. The van der Waals surface area contributed by atoms with Crippen molar-refractivity contribution in [1.82, 2.24) is 10.2 Å². The standard InChI is InChI=1S/C21H23N3O4/c22-21(26)23-13-14-3-5-15(6-4-14)20(25)24-9-1-2-17(24)16-7-8-18-19(12-16)28-11-10-27-18/h3-8,12,17H,1-2,9-11,13H2,(H3,22,23,26)/t17-/m0/s1. The molecule has 0 bridgehead atoms. The fraction of sp³-hybridized carbons (Fsp3) is 0.333. The molecular weight excluding hydrogens is 358 g/mol. The first-order valence-electron chi connectivity index (χ1n) is 9.44. The molecule has 2 heterocycles. The number of fused-ring (bicyclic) bond motifs is 1. The zero-order chi connectivity index (χ0) is 19.5. The molecule has 7 heteroatoms. The van der Waals surface area contributed by atoms with Crippen molar-refractivity contribution in [2.45, 2.75) is 25.4 Å². The van der Waals surface area contributed by atoms with Gasteiger partial charge < -0.3 is 25.4 Å². The maximum atomic E-state index is 13.1. The second-order valence-electron chi connectivity index (χ2n) is 6.97. The van der Waals surface area contributed by atoms with E-state index in [1.54, 1.807) is 12.1 Å². The highest BCUT2D eigenvalue weighted by molar-refractivity contribution is 5.94. The minimum Gasteiger partial charge on any atom is -0.486 e. The first kappa shape index (κ1) is 18.2. The number of nitrogens with two attached hydrogens (primary N) is 1. The molecule has 7 nitrogen and oxygen atoms in total. The smallest absolute Gasteiger partial charge is 0.312 e. The zero-order valence-electron chi connectivity index (χ0n) is 15.5. The molecule has 2 aliphatic rings. The van der Waals surface area contributed by atoms with E-state index in [0.29, 0.717) is 25.3 Å². The minimum absolute atomic E-state index is 0.00630. The number of benzene rings is 2. The largest absolute Gasteiger partial charge is 0.486 e. The van der Waals surface area contributed by atoms with Gasteiger partial charge in [0.1, 0.15) is 13.2 Å². The second-order valence-corrected chi connectivity index (χ2v) is 6.97. The molecule has 2 aromatic rings. The van der Waals surface area contributed by atoms with Gasteiger partial charge in [-0.25, -0.2) is 4.79 Å². The normalized spacial score (nSPS) is 18.0. The number of hydrogen-bond acceptors (Lipinski definition) is 4. The quantitative estimate of drug-likeness (QED) is 0.851. The van der Waals surface area contributed by atoms with E-state index in [0.717, 1.165) is 42.0 Å². The van der Waals surface area contributed by atoms with E-state index in [2.05, 4.69) is 5.32 Å². The van der Waals surface area contributed by atoms with Crippen LogP contribution in [0.5, 0.6) is 11.5 Å². The molecule has 146 valence electrons. The summed E-state index contributed by atoms with van der Waals surface area (Å²) in [5.74, 6) is 1.51. The van der Waals surface area contributed by atoms with Gasteiger partial charge in [0.15, 0.2) is 11.5 Å². The molecule has 0 aliphatic carbocycles. The summed E-state index contributed by atoms with van der Waals surface area (Å²) in [7, 11) is 0. The Labute approximate surface area is 163 Å². The lowest BCUT2D eigenvalue weighted by Crippen LogP contribution is -2.31. The predicted octanol–water partition coefficient (Wildman–Crippen LogP) is 2.60. The lowest BCUT2D eigenvalue weighted by Gasteiger charge is -2.27. The van der Waals surface area contributed by atoms with Gasteiger partial charge in [-0.3, -0.25) is 4.79 Å². The Morgan fingerprint density at radius 3 is 2.57 bits per heavy atom. The van der Waals surface area contributed by atoms with E-state index in [4.69, 9.17) is 15.2 Å². The van der Waals surface area contributed by atoms with E-state index < -0.39 is 6.03 Å². The molecule has 2 aliphatic heterocycles. The van der Waals surface area contributed by atoms with Crippen LogP contribution in [0.3, 0.4) is 0 Å². The van der Waals surface area contributed by atoms with Gasteiger partial charge in [0.2, 0.25) is 0 Å². The summed E-state index contributed by atoms with van der Waals surface area (Å²) in [6.07, 6.45) is 1.89. The maximum Gasteiger partial charge on any atom is 0.312 e. The maximum absolute atomic E-state index is 13.1. The third kappa shape index (κ3) is 3.74. The molecule has 0 saturated carbocycles. The van der Waals surface area contributed by atoms with E-state index >= 15 is 0 Å². The Bertz CT molecular complexity index is 882. The Hall–Kier alpha value is -3.22. The van der Waals surface area contributed by atoms with Crippen LogP contribution in [0.2, 0.25) is 0 Å². The van der Waals surface area contributed by atoms with Crippen molar-refractivity contribution in [2.24, 2.45) is 5.73 Å². The molecular formula is C21H23N3O4. The van der Waals surface area contributed by atoms with Crippen molar-refractivity contribution in [3.63, 3.8) is 0 Å². The molecule has 0 unspecified atom stereocenters. The summed E-state index contributed by atoms with van der Waals surface area (Å²) in [6, 6.07) is 12.6. The van der Waals surface area contributed by atoms with Crippen molar-refractivity contribution in [3.8, 4) is 11.5 Å². The SMILES string of the molecule is NC(=O)NCc1ccc(C(=O)N2CCC[C@H]2c2ccc3c(c2)OCCO3)cc1. The molecule has 1 atom stereocenters. The Kier molecular flexibility index (Phi) is 5.06. The average molecular weight is 381 g/mol. The molecule has 28 heavy (non-hydrogen) atoms. The van der Waals surface area contributed by atoms with Crippen LogP contribution in [0, 0.1) is 0 Å². The van der Waals surface area contributed by atoms with E-state index in [1.165, 1.54) is 0 Å². The predicted molar refractivity (Wildman–Crippen MR) is 103 cm³/mol. The van der Waals surface area contributed by atoms with Gasteiger partial charge in [-0.15, -0.1) is 0 Å². The van der Waals surface area contributed by atoms with Crippen LogP contribution in [0.1, 0.15) is 40.4 Å². The Balaban J connectivity index is 1.50. The molecule has 3 N–H and O–H groups in total. The Morgan fingerprint density at radius 1 is 1.07 bits per heavy atom. The molecule has 0 aromatic heterocycles. The van der Waals surface area contributed by atoms with E-state index in [-0.39, 0.29) is 11.9 Å². The van der Waals surface area contributed by atoms with Crippen molar-refractivity contribution in [1.29, 1.82) is 0 Å². The summed E-state index contributed by atoms with van der Waals surface area (Å²) in [5, 5.41) is 2.54. The van der Waals surface area contributed by atoms with Crippen LogP contribution in [0.4, 0.5) is 4.79 Å². The first-order valence-corrected chi connectivity index (χ1v) is 9.44. The zero-order valence-corrected chi connectivity index (χ0v) is 15.5. The van der Waals surface area contributed by atoms with Gasteiger partial charge in [-0.05, 0) is 48.2 Å². The number of rotatable bonds is 4. The minimum atomic E-state index is -0.570. The highest BCUT2D eigenvalue weighted by Crippen LogP contribution is 2.38. The number of carbonyl (C=O) groups is 2. The van der Waals surface area contributed by atoms with Crippen molar-refractivity contribution < 1.29 is 19.1 Å². The highest BCUT2D eigenvalue weighted by atomic mass is 16.6. The highest BCUT2D eigenvalue weighted by Gasteiger charge is 2.31. The van der Waals surface area contributed by atoms with Crippen LogP contribution in [0.25, 0.3) is 0 Å². The number of nitrogens with one attached hydrogen (secondary N) is 1. The number of urea groups is 1. The number of hydrogen-bond donors (Lipinski definition) is 2. The van der Waals surface area contributed by atoms with Crippen molar-refractivity contribution >= 4 is 11.9 Å². The van der Waals surface area contributed by atoms with Crippen LogP contribution >= 0.6 is 0 Å². The molecule has 1 saturated heterocycles. The Morgan fingerprint density at radius 2 is 1.82 bits per heavy atom. The number of nitrogens with zero attached hydrogens (tertiary/aromatic N) is 1. The van der Waals surface area contributed by atoms with Crippen LogP contribution in [-0.2, 0) is 6.54 Å². The van der Waals surface area contributed by atoms with Crippen LogP contribution < -0.4 is 20.5 Å². The van der Waals surface area contributed by atoms with E-state index in [1.807, 2.05) is 35.2 Å². The number of carbonyl (C=O) groups excluding carboxylic acids is 2. The molecule has 3 amide bonds. The fourth-order valence-corrected chi connectivity index (χ4v) is 3.74. The van der Waals surface area contributed by atoms with Crippen LogP contribution in [-0.4, -0.2) is 36.6 Å². The van der Waals surface area contributed by atoms with Gasteiger partial charge in [0.25, 0.3) is 5.91 Å².